The zero-order chi connectivity index (χ0) is 16.8. The van der Waals surface area contributed by atoms with Crippen molar-refractivity contribution in [3.05, 3.63) is 0 Å². The summed E-state index contributed by atoms with van der Waals surface area (Å²) in [7, 11) is 0. The molecule has 0 aliphatic carbocycles. The third-order valence-corrected chi connectivity index (χ3v) is 2.30. The molecule has 22 heavy (non-hydrogen) atoms. The minimum Gasteiger partial charge on any atom is -0.275 e. The average molecular weight is 310 g/mol. The van der Waals surface area contributed by atoms with Crippen LogP contribution in [0.15, 0.2) is 20.4 Å². The van der Waals surface area contributed by atoms with Crippen LogP contribution in [0, 0.1) is 0 Å². The van der Waals surface area contributed by atoms with Crippen molar-refractivity contribution in [3.63, 3.8) is 0 Å². The Morgan fingerprint density at radius 1 is 1.09 bits per heavy atom. The van der Waals surface area contributed by atoms with Crippen LogP contribution >= 0.6 is 0 Å². The number of rotatable bonds is 8. The van der Waals surface area contributed by atoms with Crippen LogP contribution in [0.1, 0.15) is 32.6 Å². The van der Waals surface area contributed by atoms with Gasteiger partial charge < -0.3 is 0 Å². The van der Waals surface area contributed by atoms with E-state index in [1.54, 1.807) is 0 Å². The highest BCUT2D eigenvalue weighted by atomic mass is 16.2. The second-order valence-electron chi connectivity index (χ2n) is 3.76. The number of amides is 5. The van der Waals surface area contributed by atoms with Crippen LogP contribution in [0.25, 0.3) is 0 Å². The number of isocyanates is 2. The van der Waals surface area contributed by atoms with E-state index in [9.17, 15) is 24.0 Å². The minimum atomic E-state index is -1.40. The summed E-state index contributed by atoms with van der Waals surface area (Å²) in [5.41, 5.74) is 0. The van der Waals surface area contributed by atoms with Gasteiger partial charge in [-0.2, -0.15) is 0 Å². The van der Waals surface area contributed by atoms with Crippen molar-refractivity contribution >= 4 is 30.6 Å². The molecule has 0 aromatic rings. The molecule has 118 valence electrons. The summed E-state index contributed by atoms with van der Waals surface area (Å²) >= 11 is 0. The van der Waals surface area contributed by atoms with Crippen molar-refractivity contribution < 1.29 is 24.0 Å². The first kappa shape index (κ1) is 19.0. The maximum atomic E-state index is 12.0. The third-order valence-electron chi connectivity index (χ3n) is 2.30. The Balaban J connectivity index is 5.07. The zero-order valence-electron chi connectivity index (χ0n) is 11.8. The summed E-state index contributed by atoms with van der Waals surface area (Å²) in [6.07, 6.45) is 5.24. The summed E-state index contributed by atoms with van der Waals surface area (Å²) in [4.78, 5) is 54.1. The van der Waals surface area contributed by atoms with Crippen molar-refractivity contribution in [2.75, 3.05) is 6.54 Å². The Hall–Kier alpha value is -3.03. The SMILES string of the molecule is CCCCCCN(N=C=O)C(=O)N(N=C=O)C(=O)N=NC=O. The van der Waals surface area contributed by atoms with E-state index < -0.39 is 12.1 Å². The summed E-state index contributed by atoms with van der Waals surface area (Å²) < 4.78 is 0. The van der Waals surface area contributed by atoms with Gasteiger partial charge in [0.1, 0.15) is 0 Å². The maximum Gasteiger partial charge on any atom is 0.392 e. The van der Waals surface area contributed by atoms with E-state index >= 15 is 0 Å². The Labute approximate surface area is 125 Å². The molecule has 0 unspecified atom stereocenters. The molecular weight excluding hydrogens is 296 g/mol. The van der Waals surface area contributed by atoms with Gasteiger partial charge in [0, 0.05) is 6.54 Å². The summed E-state index contributed by atoms with van der Waals surface area (Å²) in [5.74, 6) is 0. The molecule has 11 nitrogen and oxygen atoms in total. The highest BCUT2D eigenvalue weighted by Gasteiger charge is 2.27. The molecule has 0 fully saturated rings. The topological polar surface area (TPSA) is 141 Å². The Kier molecular flexibility index (Phi) is 10.1. The second kappa shape index (κ2) is 11.8. The van der Waals surface area contributed by atoms with Gasteiger partial charge in [0.15, 0.2) is 0 Å². The average Bonchev–Trinajstić information content (AvgIpc) is 2.52. The number of imide groups is 1. The lowest BCUT2D eigenvalue weighted by molar-refractivity contribution is -0.107. The van der Waals surface area contributed by atoms with Gasteiger partial charge in [-0.25, -0.2) is 24.2 Å². The van der Waals surface area contributed by atoms with Crippen LogP contribution in [0.4, 0.5) is 9.59 Å². The molecule has 0 aromatic carbocycles. The van der Waals surface area contributed by atoms with E-state index in [0.29, 0.717) is 11.4 Å². The molecule has 11 heteroatoms. The normalized spacial score (nSPS) is 9.50. The highest BCUT2D eigenvalue weighted by molar-refractivity contribution is 5.94. The van der Waals surface area contributed by atoms with E-state index in [-0.39, 0.29) is 18.0 Å². The zero-order valence-corrected chi connectivity index (χ0v) is 11.8. The number of hydrogen-bond acceptors (Lipinski definition) is 7. The molecule has 0 aliphatic heterocycles. The van der Waals surface area contributed by atoms with Crippen molar-refractivity contribution in [2.45, 2.75) is 32.6 Å². The van der Waals surface area contributed by atoms with Crippen LogP contribution in [0.5, 0.6) is 0 Å². The van der Waals surface area contributed by atoms with E-state index in [1.165, 1.54) is 0 Å². The molecule has 0 bridgehead atoms. The van der Waals surface area contributed by atoms with Crippen molar-refractivity contribution in [2.24, 2.45) is 20.4 Å². The second-order valence-corrected chi connectivity index (χ2v) is 3.76. The van der Waals surface area contributed by atoms with Gasteiger partial charge in [0.2, 0.25) is 0 Å². The van der Waals surface area contributed by atoms with Crippen LogP contribution in [0.3, 0.4) is 0 Å². The molecule has 0 saturated heterocycles. The molecule has 0 aromatic heterocycles. The Morgan fingerprint density at radius 2 is 1.77 bits per heavy atom. The first-order chi connectivity index (χ1) is 10.6. The lowest BCUT2D eigenvalue weighted by Gasteiger charge is -2.18. The van der Waals surface area contributed by atoms with Gasteiger partial charge in [-0.3, -0.25) is 4.79 Å². The summed E-state index contributed by atoms with van der Waals surface area (Å²) in [6.45, 7) is 2.00. The molecule has 5 amide bonds. The summed E-state index contributed by atoms with van der Waals surface area (Å²) in [5, 5.41) is 12.1. The fourth-order valence-electron chi connectivity index (χ4n) is 1.36. The fourth-order valence-corrected chi connectivity index (χ4v) is 1.36. The van der Waals surface area contributed by atoms with Gasteiger partial charge in [-0.15, -0.1) is 10.1 Å². The van der Waals surface area contributed by atoms with Gasteiger partial charge in [0.25, 0.3) is 18.6 Å². The molecule has 0 aliphatic rings. The Bertz CT molecular complexity index is 521. The van der Waals surface area contributed by atoms with Gasteiger partial charge >= 0.3 is 12.1 Å². The van der Waals surface area contributed by atoms with E-state index in [2.05, 4.69) is 20.4 Å². The first-order valence-corrected chi connectivity index (χ1v) is 6.28. The number of urea groups is 2. The van der Waals surface area contributed by atoms with Crippen molar-refractivity contribution in [3.8, 4) is 0 Å². The monoisotopic (exact) mass is 310 g/mol. The van der Waals surface area contributed by atoms with Crippen LogP contribution in [0.2, 0.25) is 0 Å². The Morgan fingerprint density at radius 3 is 2.32 bits per heavy atom. The predicted molar refractivity (Wildman–Crippen MR) is 70.6 cm³/mol. The smallest absolute Gasteiger partial charge is 0.275 e. The molecule has 0 atom stereocenters. The van der Waals surface area contributed by atoms with E-state index in [4.69, 9.17) is 0 Å². The lowest BCUT2D eigenvalue weighted by Crippen LogP contribution is -2.40. The quantitative estimate of drug-likeness (QED) is 0.167. The van der Waals surface area contributed by atoms with Gasteiger partial charge in [-0.05, 0) is 6.42 Å². The fraction of sp³-hybridized carbons (Fsp3) is 0.545. The standard InChI is InChI=1S/C11H14N6O5/c1-2-3-4-5-6-16(13-8-19)11(22)17(14-9-20)10(21)15-12-7-18/h7H,2-6H2,1H3. The molecule has 0 saturated carbocycles. The van der Waals surface area contributed by atoms with Crippen molar-refractivity contribution in [1.82, 2.24) is 10.0 Å². The number of hydrogen-bond donors (Lipinski definition) is 0. The van der Waals surface area contributed by atoms with Crippen LogP contribution < -0.4 is 0 Å². The number of unbranched alkanes of at least 4 members (excludes halogenated alkanes) is 3. The molecule has 0 radical (unpaired) electrons. The number of azo groups is 1. The first-order valence-electron chi connectivity index (χ1n) is 6.28. The number of carbonyl (C=O) groups is 3. The minimum absolute atomic E-state index is 0.0110. The van der Waals surface area contributed by atoms with Crippen LogP contribution in [-0.4, -0.2) is 47.2 Å². The van der Waals surface area contributed by atoms with Gasteiger partial charge in [0.05, 0.1) is 0 Å². The lowest BCUT2D eigenvalue weighted by atomic mass is 10.2. The predicted octanol–water partition coefficient (Wildman–Crippen LogP) is 1.52. The summed E-state index contributed by atoms with van der Waals surface area (Å²) in [6, 6.07) is -2.61. The molecule has 0 heterocycles. The van der Waals surface area contributed by atoms with Gasteiger partial charge in [-0.1, -0.05) is 41.5 Å². The number of nitrogens with zero attached hydrogens (tertiary/aromatic N) is 6. The molecule has 0 N–H and O–H groups in total. The molecular formula is C11H14N6O5. The third kappa shape index (κ3) is 6.94. The highest BCUT2D eigenvalue weighted by Crippen LogP contribution is 2.07. The van der Waals surface area contributed by atoms with E-state index in [0.717, 1.165) is 31.4 Å². The molecule has 0 spiro atoms. The largest absolute Gasteiger partial charge is 0.392 e. The van der Waals surface area contributed by atoms with Crippen molar-refractivity contribution in [1.29, 1.82) is 0 Å². The molecule has 0 rings (SSSR count). The van der Waals surface area contributed by atoms with Crippen LogP contribution in [-0.2, 0) is 14.4 Å². The number of hydrazone groups is 2. The maximum absolute atomic E-state index is 12.0. The van der Waals surface area contributed by atoms with E-state index in [1.807, 2.05) is 6.92 Å². The number of carbonyl (C=O) groups excluding carboxylic acids is 5.